The minimum Gasteiger partial charge on any atom is -0.494 e. The van der Waals surface area contributed by atoms with Crippen LogP contribution in [-0.4, -0.2) is 11.8 Å². The van der Waals surface area contributed by atoms with Crippen molar-refractivity contribution in [1.82, 2.24) is 0 Å². The lowest BCUT2D eigenvalue weighted by Gasteiger charge is -2.05. The molecule has 0 aliphatic heterocycles. The van der Waals surface area contributed by atoms with Gasteiger partial charge in [-0.2, -0.15) is 0 Å². The number of halogens is 1. The van der Waals surface area contributed by atoms with E-state index in [4.69, 9.17) is 16.3 Å². The van der Waals surface area contributed by atoms with Gasteiger partial charge in [0.15, 0.2) is 0 Å². The molecule has 0 N–H and O–H groups in total. The molecule has 0 heterocycles. The van der Waals surface area contributed by atoms with Crippen LogP contribution in [0.15, 0.2) is 48.5 Å². The summed E-state index contributed by atoms with van der Waals surface area (Å²) in [5.74, 6) is 0.899. The molecule has 0 spiro atoms. The van der Waals surface area contributed by atoms with E-state index in [0.717, 1.165) is 36.3 Å². The highest BCUT2D eigenvalue weighted by atomic mass is 35.5. The highest BCUT2D eigenvalue weighted by molar-refractivity contribution is 6.67. The van der Waals surface area contributed by atoms with E-state index in [0.29, 0.717) is 5.56 Å². The molecular weight excluding hydrogens is 296 g/mol. The first kappa shape index (κ1) is 16.3. The van der Waals surface area contributed by atoms with E-state index in [1.807, 2.05) is 48.6 Å². The third kappa shape index (κ3) is 5.05. The second kappa shape index (κ2) is 8.40. The Labute approximate surface area is 136 Å². The summed E-state index contributed by atoms with van der Waals surface area (Å²) < 4.78 is 5.63. The van der Waals surface area contributed by atoms with Gasteiger partial charge in [-0.3, -0.25) is 4.79 Å². The van der Waals surface area contributed by atoms with Crippen LogP contribution in [0.5, 0.6) is 5.75 Å². The van der Waals surface area contributed by atoms with Gasteiger partial charge in [-0.25, -0.2) is 0 Å². The Balaban J connectivity index is 1.96. The fraction of sp³-hybridized carbons (Fsp3) is 0.211. The summed E-state index contributed by atoms with van der Waals surface area (Å²) in [6, 6.07) is 15.2. The van der Waals surface area contributed by atoms with Crippen molar-refractivity contribution in [3.63, 3.8) is 0 Å². The maximum Gasteiger partial charge on any atom is 0.252 e. The van der Waals surface area contributed by atoms with E-state index in [9.17, 15) is 4.79 Å². The van der Waals surface area contributed by atoms with Crippen LogP contribution in [0.25, 0.3) is 12.2 Å². The van der Waals surface area contributed by atoms with Gasteiger partial charge in [0.1, 0.15) is 5.75 Å². The van der Waals surface area contributed by atoms with Crippen molar-refractivity contribution in [3.8, 4) is 5.75 Å². The molecule has 2 rings (SSSR count). The largest absolute Gasteiger partial charge is 0.494 e. The molecule has 0 fully saturated rings. The smallest absolute Gasteiger partial charge is 0.252 e. The minimum absolute atomic E-state index is 0.436. The lowest BCUT2D eigenvalue weighted by molar-refractivity contribution is 0.108. The van der Waals surface area contributed by atoms with E-state index in [1.165, 1.54) is 0 Å². The summed E-state index contributed by atoms with van der Waals surface area (Å²) in [7, 11) is 0. The molecule has 0 radical (unpaired) electrons. The van der Waals surface area contributed by atoms with Gasteiger partial charge in [0.05, 0.1) is 6.61 Å². The number of hydrogen-bond donors (Lipinski definition) is 0. The molecule has 0 amide bonds. The van der Waals surface area contributed by atoms with E-state index in [2.05, 4.69) is 6.92 Å². The normalized spacial score (nSPS) is 10.8. The predicted molar refractivity (Wildman–Crippen MR) is 92.4 cm³/mol. The zero-order chi connectivity index (χ0) is 15.8. The molecule has 0 saturated heterocycles. The van der Waals surface area contributed by atoms with Crippen molar-refractivity contribution < 1.29 is 9.53 Å². The summed E-state index contributed by atoms with van der Waals surface area (Å²) in [4.78, 5) is 11.0. The first-order valence-corrected chi connectivity index (χ1v) is 7.77. The first-order valence-electron chi connectivity index (χ1n) is 7.40. The number of benzene rings is 2. The number of unbranched alkanes of at least 4 members (excludes halogenated alkanes) is 1. The Morgan fingerprint density at radius 3 is 2.05 bits per heavy atom. The second-order valence-electron chi connectivity index (χ2n) is 5.00. The molecule has 0 aromatic heterocycles. The van der Waals surface area contributed by atoms with Crippen molar-refractivity contribution in [2.45, 2.75) is 19.8 Å². The topological polar surface area (TPSA) is 26.3 Å². The van der Waals surface area contributed by atoms with Gasteiger partial charge in [0, 0.05) is 5.56 Å². The molecule has 0 aliphatic carbocycles. The van der Waals surface area contributed by atoms with Gasteiger partial charge in [-0.05, 0) is 53.4 Å². The zero-order valence-corrected chi connectivity index (χ0v) is 13.3. The average molecular weight is 315 g/mol. The van der Waals surface area contributed by atoms with Crippen molar-refractivity contribution >= 4 is 29.0 Å². The second-order valence-corrected chi connectivity index (χ2v) is 5.34. The fourth-order valence-corrected chi connectivity index (χ4v) is 2.05. The zero-order valence-electron chi connectivity index (χ0n) is 12.6. The van der Waals surface area contributed by atoms with Gasteiger partial charge in [0.25, 0.3) is 5.24 Å². The predicted octanol–water partition coefficient (Wildman–Crippen LogP) is 5.41. The maximum absolute atomic E-state index is 11.0. The summed E-state index contributed by atoms with van der Waals surface area (Å²) in [6.45, 7) is 2.91. The Hall–Kier alpha value is -2.06. The number of hydrogen-bond acceptors (Lipinski definition) is 2. The molecule has 22 heavy (non-hydrogen) atoms. The van der Waals surface area contributed by atoms with Crippen molar-refractivity contribution in [2.24, 2.45) is 0 Å². The molecule has 114 valence electrons. The van der Waals surface area contributed by atoms with Crippen molar-refractivity contribution in [2.75, 3.05) is 6.61 Å². The summed E-state index contributed by atoms with van der Waals surface area (Å²) in [6.07, 6.45) is 6.22. The molecule has 0 atom stereocenters. The van der Waals surface area contributed by atoms with Crippen LogP contribution in [0, 0.1) is 0 Å². The summed E-state index contributed by atoms with van der Waals surface area (Å²) >= 11 is 5.42. The molecular formula is C19H19ClO2. The number of carbonyl (C=O) groups excluding carboxylic acids is 1. The minimum atomic E-state index is -0.436. The molecule has 0 unspecified atom stereocenters. The molecule has 0 aliphatic rings. The number of rotatable bonds is 7. The third-order valence-corrected chi connectivity index (χ3v) is 3.47. The number of carbonyl (C=O) groups is 1. The lowest BCUT2D eigenvalue weighted by Crippen LogP contribution is -1.95. The van der Waals surface area contributed by atoms with Crippen LogP contribution < -0.4 is 4.74 Å². The highest BCUT2D eigenvalue weighted by Crippen LogP contribution is 2.15. The Morgan fingerprint density at radius 2 is 1.55 bits per heavy atom. The number of ether oxygens (including phenoxy) is 1. The Morgan fingerprint density at radius 1 is 1.00 bits per heavy atom. The maximum atomic E-state index is 11.0. The first-order chi connectivity index (χ1) is 10.7. The van der Waals surface area contributed by atoms with Gasteiger partial charge in [0.2, 0.25) is 0 Å². The molecule has 2 aromatic carbocycles. The van der Waals surface area contributed by atoms with Gasteiger partial charge < -0.3 is 4.74 Å². The van der Waals surface area contributed by atoms with Crippen LogP contribution in [0.2, 0.25) is 0 Å². The van der Waals surface area contributed by atoms with Crippen molar-refractivity contribution in [1.29, 1.82) is 0 Å². The summed E-state index contributed by atoms with van der Waals surface area (Å²) in [5, 5.41) is -0.436. The monoisotopic (exact) mass is 314 g/mol. The van der Waals surface area contributed by atoms with Crippen LogP contribution in [-0.2, 0) is 0 Å². The van der Waals surface area contributed by atoms with E-state index in [1.54, 1.807) is 12.1 Å². The Kier molecular flexibility index (Phi) is 6.23. The van der Waals surface area contributed by atoms with E-state index >= 15 is 0 Å². The standard InChI is InChI=1S/C19H19ClO2/c1-2-3-14-22-18-12-8-16(9-13-18)5-4-15-6-10-17(11-7-15)19(20)21/h4-13H,2-3,14H2,1H3. The van der Waals surface area contributed by atoms with Crippen LogP contribution >= 0.6 is 11.6 Å². The van der Waals surface area contributed by atoms with Gasteiger partial charge in [-0.15, -0.1) is 0 Å². The SMILES string of the molecule is CCCCOc1ccc(C=Cc2ccc(C(=O)Cl)cc2)cc1. The molecule has 0 saturated carbocycles. The van der Waals surface area contributed by atoms with E-state index in [-0.39, 0.29) is 0 Å². The van der Waals surface area contributed by atoms with Crippen LogP contribution in [0.1, 0.15) is 41.3 Å². The fourth-order valence-electron chi connectivity index (χ4n) is 1.93. The highest BCUT2D eigenvalue weighted by Gasteiger charge is 1.99. The molecule has 0 bridgehead atoms. The molecule has 2 aromatic rings. The van der Waals surface area contributed by atoms with Gasteiger partial charge >= 0.3 is 0 Å². The van der Waals surface area contributed by atoms with Crippen LogP contribution in [0.4, 0.5) is 0 Å². The van der Waals surface area contributed by atoms with Crippen molar-refractivity contribution in [3.05, 3.63) is 65.2 Å². The van der Waals surface area contributed by atoms with Gasteiger partial charge in [-0.1, -0.05) is 49.8 Å². The molecule has 2 nitrogen and oxygen atoms in total. The lowest BCUT2D eigenvalue weighted by atomic mass is 10.1. The summed E-state index contributed by atoms with van der Waals surface area (Å²) in [5.41, 5.74) is 2.62. The third-order valence-electron chi connectivity index (χ3n) is 3.25. The van der Waals surface area contributed by atoms with Crippen LogP contribution in [0.3, 0.4) is 0 Å². The molecule has 3 heteroatoms. The Bertz CT molecular complexity index is 627. The van der Waals surface area contributed by atoms with E-state index < -0.39 is 5.24 Å². The average Bonchev–Trinajstić information content (AvgIpc) is 2.55. The quantitative estimate of drug-likeness (QED) is 0.388.